The van der Waals surface area contributed by atoms with Crippen molar-refractivity contribution in [2.75, 3.05) is 54.1 Å². The first kappa shape index (κ1) is 37.5. The third-order valence-corrected chi connectivity index (χ3v) is 7.40. The van der Waals surface area contributed by atoms with Gasteiger partial charge < -0.3 is 18.9 Å². The zero-order chi connectivity index (χ0) is 28.5. The summed E-state index contributed by atoms with van der Waals surface area (Å²) in [5, 5.41) is 0. The Balaban J connectivity index is 4.13. The summed E-state index contributed by atoms with van der Waals surface area (Å²) in [7, 11) is 1.67. The van der Waals surface area contributed by atoms with Crippen LogP contribution in [0.1, 0.15) is 123 Å². The van der Waals surface area contributed by atoms with Crippen molar-refractivity contribution in [2.45, 2.75) is 129 Å². The minimum Gasteiger partial charge on any atom is -0.457 e. The molecule has 1 N–H and O–H groups in total. The minimum atomic E-state index is -4.23. The zero-order valence-corrected chi connectivity index (χ0v) is 26.3. The largest absolute Gasteiger partial charge is 0.472 e. The fraction of sp³-hybridized carbons (Fsp3) is 0.966. The summed E-state index contributed by atoms with van der Waals surface area (Å²) in [6.45, 7) is 5.45. The monoisotopic (exact) mass is 566 g/mol. The number of esters is 1. The highest BCUT2D eigenvalue weighted by molar-refractivity contribution is 7.47. The highest BCUT2D eigenvalue weighted by atomic mass is 31.2. The molecule has 0 heterocycles. The molecule has 0 aromatic heterocycles. The Labute approximate surface area is 234 Å². The summed E-state index contributed by atoms with van der Waals surface area (Å²) >= 11 is 0. The quantitative estimate of drug-likeness (QED) is 0.0456. The topological polar surface area (TPSA) is 91.3 Å². The van der Waals surface area contributed by atoms with Crippen molar-refractivity contribution in [3.63, 3.8) is 0 Å². The third kappa shape index (κ3) is 27.1. The standard InChI is InChI=1S/C29H60NO7P/c1-6-8-10-11-12-13-14-15-16-17-18-19-21-24-34-26-28(37-29(31)22-20-9-7-2)27-36-38(32,33)35-25-23-30(3,4)5/h28H,6-27H2,1-5H3/p+1. The van der Waals surface area contributed by atoms with E-state index in [4.69, 9.17) is 18.5 Å². The van der Waals surface area contributed by atoms with Gasteiger partial charge in [-0.2, -0.15) is 0 Å². The van der Waals surface area contributed by atoms with Gasteiger partial charge >= 0.3 is 13.8 Å². The van der Waals surface area contributed by atoms with E-state index < -0.39 is 13.9 Å². The van der Waals surface area contributed by atoms with E-state index in [1.807, 2.05) is 21.1 Å². The van der Waals surface area contributed by atoms with Crippen molar-refractivity contribution in [1.82, 2.24) is 0 Å². The average molecular weight is 567 g/mol. The fourth-order valence-corrected chi connectivity index (χ4v) is 4.70. The molecule has 0 radical (unpaired) electrons. The van der Waals surface area contributed by atoms with Gasteiger partial charge in [-0.3, -0.25) is 13.8 Å². The van der Waals surface area contributed by atoms with Crippen LogP contribution in [-0.2, 0) is 27.9 Å². The molecule has 0 bridgehead atoms. The maximum Gasteiger partial charge on any atom is 0.472 e. The summed E-state index contributed by atoms with van der Waals surface area (Å²) in [4.78, 5) is 22.2. The molecular formula is C29H61NO7P+. The number of hydrogen-bond acceptors (Lipinski definition) is 6. The van der Waals surface area contributed by atoms with Crippen LogP contribution in [-0.4, -0.2) is 75.6 Å². The van der Waals surface area contributed by atoms with Crippen LogP contribution >= 0.6 is 7.82 Å². The molecule has 0 rings (SSSR count). The van der Waals surface area contributed by atoms with E-state index in [0.29, 0.717) is 24.1 Å². The molecule has 0 spiro atoms. The van der Waals surface area contributed by atoms with Crippen molar-refractivity contribution < 1.29 is 37.3 Å². The van der Waals surface area contributed by atoms with Crippen LogP contribution in [0, 0.1) is 0 Å². The first-order valence-corrected chi connectivity index (χ1v) is 16.8. The Morgan fingerprint density at radius 3 is 1.74 bits per heavy atom. The van der Waals surface area contributed by atoms with E-state index in [1.165, 1.54) is 70.6 Å². The summed E-state index contributed by atoms with van der Waals surface area (Å²) in [6, 6.07) is 0. The van der Waals surface area contributed by atoms with Crippen LogP contribution in [0.15, 0.2) is 0 Å². The maximum atomic E-state index is 12.2. The van der Waals surface area contributed by atoms with Crippen LogP contribution in [0.4, 0.5) is 0 Å². The Bertz CT molecular complexity index is 598. The molecule has 0 aromatic carbocycles. The van der Waals surface area contributed by atoms with Crippen LogP contribution in [0.25, 0.3) is 0 Å². The predicted octanol–water partition coefficient (Wildman–Crippen LogP) is 7.43. The number of phosphoric acid groups is 1. The maximum absolute atomic E-state index is 12.2. The lowest BCUT2D eigenvalue weighted by molar-refractivity contribution is -0.870. The molecule has 2 unspecified atom stereocenters. The molecule has 38 heavy (non-hydrogen) atoms. The van der Waals surface area contributed by atoms with Gasteiger partial charge in [-0.05, 0) is 12.8 Å². The lowest BCUT2D eigenvalue weighted by Crippen LogP contribution is -2.37. The molecule has 0 aliphatic heterocycles. The van der Waals surface area contributed by atoms with Gasteiger partial charge in [-0.25, -0.2) is 4.57 Å². The molecule has 0 aliphatic rings. The number of phosphoric ester groups is 1. The van der Waals surface area contributed by atoms with E-state index in [2.05, 4.69) is 13.8 Å². The molecule has 228 valence electrons. The van der Waals surface area contributed by atoms with E-state index in [-0.39, 0.29) is 25.8 Å². The number of carbonyl (C=O) groups is 1. The fourth-order valence-electron chi connectivity index (χ4n) is 3.96. The van der Waals surface area contributed by atoms with Crippen molar-refractivity contribution in [3.05, 3.63) is 0 Å². The molecule has 0 saturated carbocycles. The van der Waals surface area contributed by atoms with Crippen molar-refractivity contribution >= 4 is 13.8 Å². The second-order valence-electron chi connectivity index (χ2n) is 11.5. The van der Waals surface area contributed by atoms with Crippen LogP contribution in [0.5, 0.6) is 0 Å². The number of ether oxygens (including phenoxy) is 2. The summed E-state index contributed by atoms with van der Waals surface area (Å²) in [5.41, 5.74) is 0. The third-order valence-electron chi connectivity index (χ3n) is 6.42. The number of unbranched alkanes of at least 4 members (excludes halogenated alkanes) is 14. The Kier molecular flexibility index (Phi) is 24.0. The Hall–Kier alpha value is -0.500. The SMILES string of the molecule is CCCCCCCCCCCCCCCOCC(COP(=O)(O)OCC[N+](C)(C)C)OC(=O)CCCCC. The second kappa shape index (κ2) is 24.3. The molecule has 9 heteroatoms. The van der Waals surface area contributed by atoms with Gasteiger partial charge in [0.15, 0.2) is 0 Å². The van der Waals surface area contributed by atoms with Crippen LogP contribution in [0.2, 0.25) is 0 Å². The van der Waals surface area contributed by atoms with Crippen LogP contribution < -0.4 is 0 Å². The molecule has 0 fully saturated rings. The van der Waals surface area contributed by atoms with Gasteiger partial charge in [0.05, 0.1) is 34.4 Å². The van der Waals surface area contributed by atoms with Crippen molar-refractivity contribution in [3.8, 4) is 0 Å². The lowest BCUT2D eigenvalue weighted by Gasteiger charge is -2.24. The van der Waals surface area contributed by atoms with Gasteiger partial charge in [0, 0.05) is 13.0 Å². The van der Waals surface area contributed by atoms with Gasteiger partial charge in [0.25, 0.3) is 0 Å². The first-order chi connectivity index (χ1) is 18.1. The highest BCUT2D eigenvalue weighted by Gasteiger charge is 2.26. The van der Waals surface area contributed by atoms with E-state index >= 15 is 0 Å². The number of quaternary nitrogens is 1. The molecular weight excluding hydrogens is 505 g/mol. The molecule has 0 aliphatic carbocycles. The zero-order valence-electron chi connectivity index (χ0n) is 25.4. The van der Waals surface area contributed by atoms with Gasteiger partial charge in [-0.1, -0.05) is 104 Å². The smallest absolute Gasteiger partial charge is 0.457 e. The Morgan fingerprint density at radius 1 is 0.711 bits per heavy atom. The normalized spacial score (nSPS) is 14.4. The van der Waals surface area contributed by atoms with Crippen molar-refractivity contribution in [1.29, 1.82) is 0 Å². The molecule has 8 nitrogen and oxygen atoms in total. The molecule has 0 saturated heterocycles. The average Bonchev–Trinajstić information content (AvgIpc) is 2.84. The summed E-state index contributed by atoms with van der Waals surface area (Å²) in [6.07, 6.45) is 19.1. The van der Waals surface area contributed by atoms with Gasteiger partial charge in [-0.15, -0.1) is 0 Å². The number of rotatable bonds is 28. The first-order valence-electron chi connectivity index (χ1n) is 15.3. The molecule has 2 atom stereocenters. The molecule has 0 amide bonds. The van der Waals surface area contributed by atoms with Crippen LogP contribution in [0.3, 0.4) is 0 Å². The number of hydrogen-bond donors (Lipinski definition) is 1. The minimum absolute atomic E-state index is 0.0916. The van der Waals surface area contributed by atoms with E-state index in [0.717, 1.165) is 32.1 Å². The summed E-state index contributed by atoms with van der Waals surface area (Å²) in [5.74, 6) is -0.338. The lowest BCUT2D eigenvalue weighted by atomic mass is 10.0. The van der Waals surface area contributed by atoms with E-state index in [1.54, 1.807) is 0 Å². The van der Waals surface area contributed by atoms with Gasteiger partial charge in [0.1, 0.15) is 19.3 Å². The predicted molar refractivity (Wildman–Crippen MR) is 155 cm³/mol. The number of carbonyl (C=O) groups excluding carboxylic acids is 1. The molecule has 0 aromatic rings. The van der Waals surface area contributed by atoms with Gasteiger partial charge in [0.2, 0.25) is 0 Å². The number of nitrogens with zero attached hydrogens (tertiary/aromatic N) is 1. The number of likely N-dealkylation sites (N-methyl/N-ethyl adjacent to an activating group) is 1. The summed E-state index contributed by atoms with van der Waals surface area (Å²) < 4.78 is 34.3. The second-order valence-corrected chi connectivity index (χ2v) is 13.0. The highest BCUT2D eigenvalue weighted by Crippen LogP contribution is 2.43. The van der Waals surface area contributed by atoms with E-state index in [9.17, 15) is 14.3 Å². The van der Waals surface area contributed by atoms with Crippen molar-refractivity contribution in [2.24, 2.45) is 0 Å². The Morgan fingerprint density at radius 2 is 1.21 bits per heavy atom.